The van der Waals surface area contributed by atoms with E-state index in [-0.39, 0.29) is 17.7 Å². The number of hydrogen-bond acceptors (Lipinski definition) is 3. The number of halogens is 3. The van der Waals surface area contributed by atoms with Gasteiger partial charge in [-0.3, -0.25) is 14.4 Å². The molecule has 1 heterocycles. The van der Waals surface area contributed by atoms with Crippen LogP contribution in [0.25, 0.3) is 0 Å². The van der Waals surface area contributed by atoms with Gasteiger partial charge < -0.3 is 16.0 Å². The van der Waals surface area contributed by atoms with Crippen LogP contribution < -0.4 is 16.0 Å². The Labute approximate surface area is 151 Å². The molecule has 3 N–H and O–H groups in total. The Balaban J connectivity index is 1.66. The molecule has 1 aliphatic heterocycles. The molecule has 6 nitrogen and oxygen atoms in total. The summed E-state index contributed by atoms with van der Waals surface area (Å²) in [5.41, 5.74) is -0.0764. The number of carbonyl (C=O) groups is 3. The highest BCUT2D eigenvalue weighted by atomic mass is 19.4. The van der Waals surface area contributed by atoms with Crippen LogP contribution in [0.4, 0.5) is 24.5 Å². The minimum Gasteiger partial charge on any atom is -0.340 e. The summed E-state index contributed by atoms with van der Waals surface area (Å²) in [6.45, 7) is 0. The average Bonchev–Trinajstić information content (AvgIpc) is 2.71. The highest BCUT2D eigenvalue weighted by molar-refractivity contribution is 6.11. The number of amides is 3. The van der Waals surface area contributed by atoms with Crippen molar-refractivity contribution in [1.29, 1.82) is 0 Å². The summed E-state index contributed by atoms with van der Waals surface area (Å²) in [6, 6.07) is 9.20. The molecule has 0 saturated carbocycles. The number of rotatable bonds is 3. The van der Waals surface area contributed by atoms with Crippen molar-refractivity contribution in [2.75, 3.05) is 10.6 Å². The summed E-state index contributed by atoms with van der Waals surface area (Å²) < 4.78 is 37.6. The van der Waals surface area contributed by atoms with Gasteiger partial charge in [0.25, 0.3) is 5.91 Å². The van der Waals surface area contributed by atoms with E-state index < -0.39 is 35.5 Å². The summed E-state index contributed by atoms with van der Waals surface area (Å²) in [5, 5.41) is 7.45. The summed E-state index contributed by atoms with van der Waals surface area (Å²) >= 11 is 0. The van der Waals surface area contributed by atoms with Gasteiger partial charge in [0.2, 0.25) is 11.8 Å². The van der Waals surface area contributed by atoms with Gasteiger partial charge >= 0.3 is 6.18 Å². The van der Waals surface area contributed by atoms with Crippen molar-refractivity contribution in [2.45, 2.75) is 18.6 Å². The lowest BCUT2D eigenvalue weighted by atomic mass is 10.1. The fourth-order valence-corrected chi connectivity index (χ4v) is 2.60. The van der Waals surface area contributed by atoms with Crippen LogP contribution in [0.1, 0.15) is 22.3 Å². The number of carbonyl (C=O) groups excluding carboxylic acids is 3. The van der Waals surface area contributed by atoms with E-state index in [0.717, 1.165) is 24.3 Å². The van der Waals surface area contributed by atoms with Crippen LogP contribution in [-0.4, -0.2) is 23.8 Å². The van der Waals surface area contributed by atoms with E-state index in [4.69, 9.17) is 0 Å². The third-order valence-electron chi connectivity index (χ3n) is 3.94. The maximum absolute atomic E-state index is 12.5. The van der Waals surface area contributed by atoms with Gasteiger partial charge in [-0.1, -0.05) is 12.1 Å². The second kappa shape index (κ2) is 7.10. The fraction of sp³-hybridized carbons (Fsp3) is 0.167. The Hall–Kier alpha value is -3.36. The molecule has 0 fully saturated rings. The first-order valence-corrected chi connectivity index (χ1v) is 7.92. The lowest BCUT2D eigenvalue weighted by Crippen LogP contribution is -2.43. The second-order valence-corrected chi connectivity index (χ2v) is 5.89. The lowest BCUT2D eigenvalue weighted by molar-refractivity contribution is -0.137. The number of anilines is 2. The third kappa shape index (κ3) is 4.25. The van der Waals surface area contributed by atoms with Crippen molar-refractivity contribution < 1.29 is 27.6 Å². The Morgan fingerprint density at radius 2 is 1.70 bits per heavy atom. The fourth-order valence-electron chi connectivity index (χ4n) is 2.60. The standard InChI is InChI=1S/C18H14F3N3O3/c19-18(20,21)10-5-7-11(8-6-10)22-15(25)9-14-17(27)23-13-4-2-1-3-12(13)16(26)24-14/h1-8,14H,9H2,(H,22,25)(H,23,27)(H,24,26)/t14-/m1/s1. The van der Waals surface area contributed by atoms with Crippen molar-refractivity contribution in [3.8, 4) is 0 Å². The van der Waals surface area contributed by atoms with Crippen LogP contribution in [0.15, 0.2) is 48.5 Å². The molecule has 3 amide bonds. The maximum Gasteiger partial charge on any atom is 0.416 e. The van der Waals surface area contributed by atoms with E-state index >= 15 is 0 Å². The van der Waals surface area contributed by atoms with Crippen LogP contribution in [0.3, 0.4) is 0 Å². The smallest absolute Gasteiger partial charge is 0.340 e. The van der Waals surface area contributed by atoms with Crippen molar-refractivity contribution in [3.63, 3.8) is 0 Å². The number of para-hydroxylation sites is 1. The van der Waals surface area contributed by atoms with Crippen molar-refractivity contribution in [2.24, 2.45) is 0 Å². The van der Waals surface area contributed by atoms with Gasteiger partial charge in [0.05, 0.1) is 23.2 Å². The van der Waals surface area contributed by atoms with Crippen LogP contribution in [0, 0.1) is 0 Å². The van der Waals surface area contributed by atoms with Crippen LogP contribution >= 0.6 is 0 Å². The minimum absolute atomic E-state index is 0.150. The predicted octanol–water partition coefficient (Wildman–Crippen LogP) is 2.78. The first-order valence-electron chi connectivity index (χ1n) is 7.92. The third-order valence-corrected chi connectivity index (χ3v) is 3.94. The molecule has 140 valence electrons. The number of hydrogen-bond donors (Lipinski definition) is 3. The highest BCUT2D eigenvalue weighted by Crippen LogP contribution is 2.29. The molecule has 9 heteroatoms. The summed E-state index contributed by atoms with van der Waals surface area (Å²) in [7, 11) is 0. The van der Waals surface area contributed by atoms with Gasteiger partial charge in [-0.25, -0.2) is 0 Å². The van der Waals surface area contributed by atoms with Gasteiger partial charge in [0, 0.05) is 5.69 Å². The zero-order valence-corrected chi connectivity index (χ0v) is 13.8. The zero-order chi connectivity index (χ0) is 19.6. The molecule has 2 aromatic carbocycles. The molecule has 27 heavy (non-hydrogen) atoms. The molecule has 0 aliphatic carbocycles. The minimum atomic E-state index is -4.47. The zero-order valence-electron chi connectivity index (χ0n) is 13.8. The topological polar surface area (TPSA) is 87.3 Å². The molecule has 0 saturated heterocycles. The van der Waals surface area contributed by atoms with Gasteiger partial charge in [0.1, 0.15) is 6.04 Å². The SMILES string of the molecule is O=C(C[C@H]1NC(=O)c2ccccc2NC1=O)Nc1ccc(C(F)(F)F)cc1. The normalized spacial score (nSPS) is 16.6. The van der Waals surface area contributed by atoms with Crippen molar-refractivity contribution in [1.82, 2.24) is 5.32 Å². The summed E-state index contributed by atoms with van der Waals surface area (Å²) in [4.78, 5) is 36.6. The molecule has 0 bridgehead atoms. The van der Waals surface area contributed by atoms with E-state index in [9.17, 15) is 27.6 Å². The van der Waals surface area contributed by atoms with Crippen LogP contribution in [-0.2, 0) is 15.8 Å². The number of fused-ring (bicyclic) bond motifs is 1. The molecule has 2 aromatic rings. The number of benzene rings is 2. The van der Waals surface area contributed by atoms with Gasteiger partial charge in [-0.15, -0.1) is 0 Å². The van der Waals surface area contributed by atoms with E-state index in [1.165, 1.54) is 6.07 Å². The Bertz CT molecular complexity index is 895. The first kappa shape index (κ1) is 18.4. The Kier molecular flexibility index (Phi) is 4.85. The van der Waals surface area contributed by atoms with E-state index in [0.29, 0.717) is 5.69 Å². The van der Waals surface area contributed by atoms with Gasteiger partial charge in [-0.2, -0.15) is 13.2 Å². The molecular weight excluding hydrogens is 363 g/mol. The predicted molar refractivity (Wildman–Crippen MR) is 91.0 cm³/mol. The Morgan fingerprint density at radius 1 is 1.04 bits per heavy atom. The van der Waals surface area contributed by atoms with Crippen molar-refractivity contribution >= 4 is 29.1 Å². The first-order chi connectivity index (χ1) is 12.7. The summed E-state index contributed by atoms with van der Waals surface area (Å²) in [5.74, 6) is -1.69. The average molecular weight is 377 g/mol. The van der Waals surface area contributed by atoms with Gasteiger partial charge in [-0.05, 0) is 36.4 Å². The molecule has 0 unspecified atom stereocenters. The van der Waals surface area contributed by atoms with Crippen LogP contribution in [0.2, 0.25) is 0 Å². The molecule has 0 radical (unpaired) electrons. The van der Waals surface area contributed by atoms with Gasteiger partial charge in [0.15, 0.2) is 0 Å². The molecular formula is C18H14F3N3O3. The van der Waals surface area contributed by atoms with Crippen LogP contribution in [0.5, 0.6) is 0 Å². The maximum atomic E-state index is 12.5. The number of alkyl halides is 3. The molecule has 1 atom stereocenters. The molecule has 1 aliphatic rings. The Morgan fingerprint density at radius 3 is 2.37 bits per heavy atom. The monoisotopic (exact) mass is 377 g/mol. The van der Waals surface area contributed by atoms with E-state index in [1.807, 2.05) is 0 Å². The lowest BCUT2D eigenvalue weighted by Gasteiger charge is -2.14. The molecule has 0 spiro atoms. The van der Waals surface area contributed by atoms with E-state index in [1.54, 1.807) is 18.2 Å². The summed E-state index contributed by atoms with van der Waals surface area (Å²) in [6.07, 6.45) is -4.84. The van der Waals surface area contributed by atoms with Crippen molar-refractivity contribution in [3.05, 3.63) is 59.7 Å². The molecule has 3 rings (SSSR count). The second-order valence-electron chi connectivity index (χ2n) is 5.89. The highest BCUT2D eigenvalue weighted by Gasteiger charge is 2.31. The number of nitrogens with one attached hydrogen (secondary N) is 3. The van der Waals surface area contributed by atoms with E-state index in [2.05, 4.69) is 16.0 Å². The largest absolute Gasteiger partial charge is 0.416 e. The quantitative estimate of drug-likeness (QED) is 0.769. The molecule has 0 aromatic heterocycles.